The van der Waals surface area contributed by atoms with Crippen molar-refractivity contribution >= 4 is 54.3 Å². The molecule has 4 nitrogen and oxygen atoms in total. The molecule has 10 rings (SSSR count). The van der Waals surface area contributed by atoms with E-state index in [4.69, 9.17) is 19.4 Å². The summed E-state index contributed by atoms with van der Waals surface area (Å²) in [6.07, 6.45) is 0. The summed E-state index contributed by atoms with van der Waals surface area (Å²) in [5, 5.41) is 9.29. The first-order chi connectivity index (χ1) is 24.3. The van der Waals surface area contributed by atoms with Gasteiger partial charge in [-0.15, -0.1) is 0 Å². The van der Waals surface area contributed by atoms with Gasteiger partial charge in [0.25, 0.3) is 0 Å². The third-order valence-electron chi connectivity index (χ3n) is 9.53. The van der Waals surface area contributed by atoms with Crippen molar-refractivity contribution in [1.29, 1.82) is 0 Å². The molecular weight excluding hydrogens is 599 g/mol. The van der Waals surface area contributed by atoms with Gasteiger partial charge < -0.3 is 4.42 Å². The Bertz CT molecular complexity index is 2870. The highest BCUT2D eigenvalue weighted by Gasteiger charge is 2.18. The largest absolute Gasteiger partial charge is 0.456 e. The smallest absolute Gasteiger partial charge is 0.164 e. The van der Waals surface area contributed by atoms with Crippen LogP contribution in [0.15, 0.2) is 168 Å². The highest BCUT2D eigenvalue weighted by atomic mass is 16.3. The average molecular weight is 626 g/mol. The molecule has 0 aliphatic carbocycles. The van der Waals surface area contributed by atoms with Crippen LogP contribution >= 0.6 is 0 Å². The first kappa shape index (κ1) is 27.5. The fourth-order valence-electron chi connectivity index (χ4n) is 7.12. The molecule has 8 aromatic carbocycles. The molecule has 0 radical (unpaired) electrons. The molecule has 4 heteroatoms. The molecule has 0 unspecified atom stereocenters. The van der Waals surface area contributed by atoms with Gasteiger partial charge in [0, 0.05) is 27.5 Å². The Hall–Kier alpha value is -6.65. The molecule has 0 fully saturated rings. The lowest BCUT2D eigenvalue weighted by Crippen LogP contribution is -2.00. The van der Waals surface area contributed by atoms with Gasteiger partial charge in [-0.1, -0.05) is 146 Å². The van der Waals surface area contributed by atoms with Gasteiger partial charge in [-0.05, 0) is 61.6 Å². The molecule has 0 aliphatic heterocycles. The number of para-hydroxylation sites is 1. The zero-order valence-electron chi connectivity index (χ0n) is 26.3. The van der Waals surface area contributed by atoms with Crippen LogP contribution in [0.1, 0.15) is 0 Å². The van der Waals surface area contributed by atoms with E-state index in [1.807, 2.05) is 36.4 Å². The van der Waals surface area contributed by atoms with Crippen LogP contribution in [0.25, 0.3) is 99.5 Å². The predicted molar refractivity (Wildman–Crippen MR) is 201 cm³/mol. The van der Waals surface area contributed by atoms with Crippen molar-refractivity contribution in [3.05, 3.63) is 164 Å². The van der Waals surface area contributed by atoms with Gasteiger partial charge in [-0.2, -0.15) is 0 Å². The lowest BCUT2D eigenvalue weighted by molar-refractivity contribution is 0.669. The normalized spacial score (nSPS) is 11.7. The summed E-state index contributed by atoms with van der Waals surface area (Å²) in [5.41, 5.74) is 6.72. The number of fused-ring (bicyclic) bond motifs is 8. The first-order valence-corrected chi connectivity index (χ1v) is 16.4. The zero-order chi connectivity index (χ0) is 32.3. The summed E-state index contributed by atoms with van der Waals surface area (Å²) < 4.78 is 6.25. The fraction of sp³-hybridized carbons (Fsp3) is 0. The Labute approximate surface area is 282 Å². The minimum absolute atomic E-state index is 0.605. The number of aromatic nitrogens is 3. The van der Waals surface area contributed by atoms with E-state index in [1.54, 1.807) is 0 Å². The third-order valence-corrected chi connectivity index (χ3v) is 9.53. The van der Waals surface area contributed by atoms with Crippen molar-refractivity contribution in [2.45, 2.75) is 0 Å². The van der Waals surface area contributed by atoms with Gasteiger partial charge >= 0.3 is 0 Å². The second-order valence-electron chi connectivity index (χ2n) is 12.4. The third kappa shape index (κ3) is 4.57. The number of rotatable bonds is 4. The van der Waals surface area contributed by atoms with Crippen molar-refractivity contribution < 1.29 is 4.42 Å². The molecule has 228 valence electrons. The van der Waals surface area contributed by atoms with Crippen LogP contribution in [0.5, 0.6) is 0 Å². The van der Waals surface area contributed by atoms with Crippen LogP contribution in [-0.4, -0.2) is 15.0 Å². The predicted octanol–water partition coefficient (Wildman–Crippen LogP) is 11.9. The molecule has 0 bridgehead atoms. The summed E-state index contributed by atoms with van der Waals surface area (Å²) in [7, 11) is 0. The fourth-order valence-corrected chi connectivity index (χ4v) is 7.12. The van der Waals surface area contributed by atoms with Gasteiger partial charge in [-0.3, -0.25) is 0 Å². The van der Waals surface area contributed by atoms with Crippen LogP contribution in [0.4, 0.5) is 0 Å². The van der Waals surface area contributed by atoms with E-state index in [0.29, 0.717) is 17.5 Å². The summed E-state index contributed by atoms with van der Waals surface area (Å²) in [6, 6.07) is 57.0. The van der Waals surface area contributed by atoms with Crippen LogP contribution in [0.3, 0.4) is 0 Å². The average Bonchev–Trinajstić information content (AvgIpc) is 3.57. The van der Waals surface area contributed by atoms with E-state index in [1.165, 1.54) is 37.9 Å². The Kier molecular flexibility index (Phi) is 6.15. The summed E-state index contributed by atoms with van der Waals surface area (Å²) in [5.74, 6) is 1.85. The Balaban J connectivity index is 1.20. The number of nitrogens with zero attached hydrogens (tertiary/aromatic N) is 3. The van der Waals surface area contributed by atoms with Crippen LogP contribution in [0.2, 0.25) is 0 Å². The quantitative estimate of drug-likeness (QED) is 0.183. The Morgan fingerprint density at radius 3 is 1.73 bits per heavy atom. The molecule has 49 heavy (non-hydrogen) atoms. The van der Waals surface area contributed by atoms with E-state index >= 15 is 0 Å². The highest BCUT2D eigenvalue weighted by Crippen LogP contribution is 2.38. The van der Waals surface area contributed by atoms with E-state index in [9.17, 15) is 0 Å². The van der Waals surface area contributed by atoms with Crippen molar-refractivity contribution in [3.8, 4) is 45.3 Å². The maximum atomic E-state index is 6.25. The lowest BCUT2D eigenvalue weighted by atomic mass is 9.96. The molecule has 0 aliphatic rings. The molecule has 0 amide bonds. The molecule has 0 saturated carbocycles. The molecule has 0 spiro atoms. The zero-order valence-corrected chi connectivity index (χ0v) is 26.3. The van der Waals surface area contributed by atoms with Gasteiger partial charge in [-0.25, -0.2) is 15.0 Å². The molecule has 0 saturated heterocycles. The summed E-state index contributed by atoms with van der Waals surface area (Å²) in [4.78, 5) is 15.4. The van der Waals surface area contributed by atoms with E-state index in [0.717, 1.165) is 44.2 Å². The van der Waals surface area contributed by atoms with Crippen LogP contribution in [-0.2, 0) is 0 Å². The molecule has 0 atom stereocenters. The molecule has 2 aromatic heterocycles. The number of benzene rings is 8. The summed E-state index contributed by atoms with van der Waals surface area (Å²) in [6.45, 7) is 0. The number of hydrogen-bond donors (Lipinski definition) is 0. The monoisotopic (exact) mass is 625 g/mol. The van der Waals surface area contributed by atoms with Crippen LogP contribution < -0.4 is 0 Å². The van der Waals surface area contributed by atoms with Gasteiger partial charge in [0.05, 0.1) is 0 Å². The molecular formula is C45H27N3O. The Morgan fingerprint density at radius 2 is 0.898 bits per heavy atom. The molecule has 10 aromatic rings. The van der Waals surface area contributed by atoms with E-state index in [-0.39, 0.29) is 0 Å². The maximum absolute atomic E-state index is 6.25. The number of furan rings is 1. The van der Waals surface area contributed by atoms with Crippen molar-refractivity contribution in [3.63, 3.8) is 0 Å². The standard InChI is InChI=1S/C45H27N3O/c1-2-9-28(10-3-1)29-17-20-32(21-18-29)43-46-44(48-45(47-43)38-14-8-16-41-42(38)37-13-6-7-15-40(37)49-41)33-22-19-31-24-25-35-34-12-5-4-11-30(34)23-26-36(35)39(31)27-33/h1-27H. The molecule has 0 N–H and O–H groups in total. The lowest BCUT2D eigenvalue weighted by Gasteiger charge is -2.12. The molecule has 2 heterocycles. The first-order valence-electron chi connectivity index (χ1n) is 16.4. The van der Waals surface area contributed by atoms with Gasteiger partial charge in [0.15, 0.2) is 17.5 Å². The Morgan fingerprint density at radius 1 is 0.327 bits per heavy atom. The van der Waals surface area contributed by atoms with Gasteiger partial charge in [0.2, 0.25) is 0 Å². The second kappa shape index (κ2) is 11.0. The van der Waals surface area contributed by atoms with Crippen molar-refractivity contribution in [1.82, 2.24) is 15.0 Å². The highest BCUT2D eigenvalue weighted by molar-refractivity contribution is 6.17. The van der Waals surface area contributed by atoms with Crippen molar-refractivity contribution in [2.75, 3.05) is 0 Å². The van der Waals surface area contributed by atoms with Gasteiger partial charge in [0.1, 0.15) is 11.2 Å². The minimum atomic E-state index is 0.605. The van der Waals surface area contributed by atoms with E-state index < -0.39 is 0 Å². The second-order valence-corrected chi connectivity index (χ2v) is 12.4. The van der Waals surface area contributed by atoms with E-state index in [2.05, 4.69) is 127 Å². The SMILES string of the molecule is c1ccc(-c2ccc(-c3nc(-c4ccc5ccc6c7ccccc7ccc6c5c4)nc(-c4cccc5oc6ccccc6c45)n3)cc2)cc1. The number of hydrogen-bond acceptors (Lipinski definition) is 4. The van der Waals surface area contributed by atoms with Crippen LogP contribution in [0, 0.1) is 0 Å². The maximum Gasteiger partial charge on any atom is 0.164 e. The van der Waals surface area contributed by atoms with Crippen molar-refractivity contribution in [2.24, 2.45) is 0 Å². The topological polar surface area (TPSA) is 51.8 Å². The summed E-state index contributed by atoms with van der Waals surface area (Å²) >= 11 is 0. The minimum Gasteiger partial charge on any atom is -0.456 e.